The third-order valence-corrected chi connectivity index (χ3v) is 5.23. The van der Waals surface area contributed by atoms with Gasteiger partial charge >= 0.3 is 6.18 Å². The predicted molar refractivity (Wildman–Crippen MR) is 106 cm³/mol. The second kappa shape index (κ2) is 8.86. The molecule has 1 aromatic carbocycles. The smallest absolute Gasteiger partial charge is 0.416 e. The van der Waals surface area contributed by atoms with Gasteiger partial charge in [-0.15, -0.1) is 10.2 Å². The molecule has 4 rings (SSSR count). The lowest BCUT2D eigenvalue weighted by Crippen LogP contribution is -2.15. The summed E-state index contributed by atoms with van der Waals surface area (Å²) in [6.45, 7) is 0.236. The van der Waals surface area contributed by atoms with Crippen molar-refractivity contribution in [1.29, 1.82) is 0 Å². The highest BCUT2D eigenvalue weighted by molar-refractivity contribution is 7.98. The Kier molecular flexibility index (Phi) is 5.99. The van der Waals surface area contributed by atoms with E-state index in [1.807, 2.05) is 0 Å². The summed E-state index contributed by atoms with van der Waals surface area (Å²) in [6.07, 6.45) is -2.92. The Morgan fingerprint density at radius 1 is 1.19 bits per heavy atom. The normalized spacial score (nSPS) is 11.7. The molecule has 3 aromatic heterocycles. The second-order valence-electron chi connectivity index (χ2n) is 6.53. The van der Waals surface area contributed by atoms with Gasteiger partial charge in [-0.1, -0.05) is 29.1 Å². The summed E-state index contributed by atoms with van der Waals surface area (Å²) in [4.78, 5) is 15.4. The van der Waals surface area contributed by atoms with Crippen molar-refractivity contribution < 1.29 is 26.9 Å². The van der Waals surface area contributed by atoms with Crippen LogP contribution in [0.2, 0.25) is 0 Å². The number of hydrogen-bond acceptors (Lipinski definition) is 8. The minimum Gasteiger partial charge on any atom is -0.461 e. The first-order valence-electron chi connectivity index (χ1n) is 9.19. The summed E-state index contributed by atoms with van der Waals surface area (Å²) >= 11 is 1.21. The van der Waals surface area contributed by atoms with Crippen LogP contribution in [0.4, 0.5) is 13.2 Å². The van der Waals surface area contributed by atoms with Crippen LogP contribution in [0.3, 0.4) is 0 Å². The Morgan fingerprint density at radius 3 is 2.75 bits per heavy atom. The molecular formula is C19H15F3N6O3S. The molecule has 0 radical (unpaired) electrons. The Morgan fingerprint density at radius 2 is 2.03 bits per heavy atom. The Hall–Kier alpha value is -3.61. The summed E-state index contributed by atoms with van der Waals surface area (Å²) in [5, 5.41) is 12.4. The maximum Gasteiger partial charge on any atom is 0.416 e. The van der Waals surface area contributed by atoms with Gasteiger partial charge in [0.1, 0.15) is 0 Å². The lowest BCUT2D eigenvalue weighted by atomic mass is 10.1. The fraction of sp³-hybridized carbons (Fsp3) is 0.211. The van der Waals surface area contributed by atoms with Crippen LogP contribution < -0.4 is 5.73 Å². The third-order valence-electron chi connectivity index (χ3n) is 4.28. The molecule has 0 saturated carbocycles. The van der Waals surface area contributed by atoms with Crippen LogP contribution >= 0.6 is 11.8 Å². The van der Waals surface area contributed by atoms with E-state index in [9.17, 15) is 18.0 Å². The van der Waals surface area contributed by atoms with E-state index in [1.165, 1.54) is 30.2 Å². The molecule has 9 nitrogen and oxygen atoms in total. The maximum atomic E-state index is 12.9. The van der Waals surface area contributed by atoms with Gasteiger partial charge in [0.2, 0.25) is 17.6 Å². The van der Waals surface area contributed by atoms with Crippen LogP contribution in [0.1, 0.15) is 17.9 Å². The number of halogens is 3. The van der Waals surface area contributed by atoms with E-state index in [0.29, 0.717) is 16.7 Å². The van der Waals surface area contributed by atoms with Gasteiger partial charge in [-0.25, -0.2) is 0 Å². The molecule has 2 N–H and O–H groups in total. The van der Waals surface area contributed by atoms with Crippen molar-refractivity contribution in [3.63, 3.8) is 0 Å². The fourth-order valence-electron chi connectivity index (χ4n) is 2.80. The molecule has 0 atom stereocenters. The number of alkyl halides is 3. The van der Waals surface area contributed by atoms with E-state index < -0.39 is 17.6 Å². The van der Waals surface area contributed by atoms with Gasteiger partial charge in [0.15, 0.2) is 16.7 Å². The second-order valence-corrected chi connectivity index (χ2v) is 7.47. The number of carbonyl (C=O) groups excluding carboxylic acids is 1. The molecule has 4 aromatic rings. The topological polar surface area (TPSA) is 126 Å². The number of primary amides is 1. The van der Waals surface area contributed by atoms with E-state index in [-0.39, 0.29) is 36.0 Å². The average molecular weight is 464 g/mol. The molecule has 0 unspecified atom stereocenters. The van der Waals surface area contributed by atoms with Crippen molar-refractivity contribution in [3.05, 3.63) is 54.1 Å². The minimum absolute atomic E-state index is 0.0400. The fourth-order valence-corrected chi connectivity index (χ4v) is 3.60. The van der Waals surface area contributed by atoms with Crippen LogP contribution in [0.25, 0.3) is 23.0 Å². The SMILES string of the molecule is NC(=O)CCn1c(SCc2nc(-c3cccc(C(F)(F)F)c3)no2)nnc1-c1ccco1. The number of thioether (sulfide) groups is 1. The number of hydrogen-bond donors (Lipinski definition) is 1. The van der Waals surface area contributed by atoms with Crippen LogP contribution in [-0.2, 0) is 23.3 Å². The van der Waals surface area contributed by atoms with Gasteiger partial charge in [0, 0.05) is 18.5 Å². The number of rotatable bonds is 8. The van der Waals surface area contributed by atoms with Crippen molar-refractivity contribution in [3.8, 4) is 23.0 Å². The van der Waals surface area contributed by atoms with Crippen LogP contribution in [0.5, 0.6) is 0 Å². The van der Waals surface area contributed by atoms with E-state index in [0.717, 1.165) is 12.1 Å². The highest BCUT2D eigenvalue weighted by Gasteiger charge is 2.30. The number of furan rings is 1. The molecule has 0 aliphatic carbocycles. The number of nitrogens with two attached hydrogens (primary N) is 1. The quantitative estimate of drug-likeness (QED) is 0.391. The summed E-state index contributed by atoms with van der Waals surface area (Å²) < 4.78 is 51.0. The standard InChI is InChI=1S/C19H15F3N6O3S/c20-19(21,22)12-4-1-3-11(9-12)16-24-15(31-27-16)10-32-18-26-25-17(13-5-2-8-30-13)28(18)7-6-14(23)29/h1-5,8-9H,6-7,10H2,(H2,23,29). The van der Waals surface area contributed by atoms with Crippen molar-refractivity contribution >= 4 is 17.7 Å². The highest BCUT2D eigenvalue weighted by atomic mass is 32.2. The van der Waals surface area contributed by atoms with Crippen LogP contribution in [0, 0.1) is 0 Å². The third kappa shape index (κ3) is 4.82. The number of aromatic nitrogens is 5. The molecule has 13 heteroatoms. The van der Waals surface area contributed by atoms with E-state index >= 15 is 0 Å². The highest BCUT2D eigenvalue weighted by Crippen LogP contribution is 2.32. The molecule has 32 heavy (non-hydrogen) atoms. The van der Waals surface area contributed by atoms with E-state index in [2.05, 4.69) is 20.3 Å². The molecule has 0 fully saturated rings. The lowest BCUT2D eigenvalue weighted by Gasteiger charge is -2.07. The van der Waals surface area contributed by atoms with Crippen molar-refractivity contribution in [2.75, 3.05) is 0 Å². The Bertz CT molecular complexity index is 1220. The molecule has 3 heterocycles. The summed E-state index contributed by atoms with van der Waals surface area (Å²) in [5.41, 5.74) is 4.64. The van der Waals surface area contributed by atoms with Crippen molar-refractivity contribution in [2.24, 2.45) is 5.73 Å². The van der Waals surface area contributed by atoms with Crippen molar-refractivity contribution in [2.45, 2.75) is 30.1 Å². The Balaban J connectivity index is 1.51. The monoisotopic (exact) mass is 464 g/mol. The summed E-state index contributed by atoms with van der Waals surface area (Å²) in [7, 11) is 0. The van der Waals surface area contributed by atoms with Gasteiger partial charge in [0.05, 0.1) is 17.6 Å². The average Bonchev–Trinajstić information content (AvgIpc) is 3.50. The summed E-state index contributed by atoms with van der Waals surface area (Å²) in [5.74, 6) is 0.818. The van der Waals surface area contributed by atoms with Gasteiger partial charge in [-0.05, 0) is 24.3 Å². The Labute approximate surface area is 182 Å². The largest absolute Gasteiger partial charge is 0.461 e. The van der Waals surface area contributed by atoms with Crippen LogP contribution in [-0.4, -0.2) is 30.8 Å². The van der Waals surface area contributed by atoms with Crippen LogP contribution in [0.15, 0.2) is 56.8 Å². The first-order valence-corrected chi connectivity index (χ1v) is 10.2. The summed E-state index contributed by atoms with van der Waals surface area (Å²) in [6, 6.07) is 8.07. The number of amides is 1. The van der Waals surface area contributed by atoms with Crippen molar-refractivity contribution in [1.82, 2.24) is 24.9 Å². The first-order chi connectivity index (χ1) is 15.3. The molecule has 0 spiro atoms. The van der Waals surface area contributed by atoms with E-state index in [4.69, 9.17) is 14.7 Å². The molecule has 0 bridgehead atoms. The molecule has 0 aliphatic heterocycles. The van der Waals surface area contributed by atoms with Gasteiger partial charge < -0.3 is 14.7 Å². The number of nitrogens with zero attached hydrogens (tertiary/aromatic N) is 5. The molecule has 0 aliphatic rings. The minimum atomic E-state index is -4.47. The first kappa shape index (κ1) is 21.6. The zero-order valence-electron chi connectivity index (χ0n) is 16.2. The predicted octanol–water partition coefficient (Wildman–Crippen LogP) is 3.77. The maximum absolute atomic E-state index is 12.9. The van der Waals surface area contributed by atoms with Gasteiger partial charge in [-0.3, -0.25) is 9.36 Å². The zero-order chi connectivity index (χ0) is 22.7. The zero-order valence-corrected chi connectivity index (χ0v) is 17.1. The van der Waals surface area contributed by atoms with E-state index in [1.54, 1.807) is 16.7 Å². The number of carbonyl (C=O) groups is 1. The molecule has 1 amide bonds. The van der Waals surface area contributed by atoms with Gasteiger partial charge in [-0.2, -0.15) is 18.2 Å². The van der Waals surface area contributed by atoms with Gasteiger partial charge in [0.25, 0.3) is 0 Å². The molecule has 166 valence electrons. The molecular weight excluding hydrogens is 449 g/mol. The number of benzene rings is 1. The lowest BCUT2D eigenvalue weighted by molar-refractivity contribution is -0.137. The molecule has 0 saturated heterocycles.